The molecule has 0 rings (SSSR count). The smallest absolute Gasteiger partial charge is 0.462 e. The van der Waals surface area contributed by atoms with Crippen molar-refractivity contribution >= 4 is 39.5 Å². The molecule has 0 aliphatic carbocycles. The number of carbonyl (C=O) groups is 4. The van der Waals surface area contributed by atoms with Crippen molar-refractivity contribution in [2.75, 3.05) is 39.6 Å². The monoisotopic (exact) mass is 1310 g/mol. The van der Waals surface area contributed by atoms with Crippen LogP contribution in [0, 0.1) is 0 Å². The highest BCUT2D eigenvalue weighted by atomic mass is 31.2. The van der Waals surface area contributed by atoms with Gasteiger partial charge in [-0.25, -0.2) is 9.13 Å². The van der Waals surface area contributed by atoms with E-state index >= 15 is 0 Å². The van der Waals surface area contributed by atoms with Gasteiger partial charge in [-0.3, -0.25) is 37.3 Å². The van der Waals surface area contributed by atoms with Crippen molar-refractivity contribution in [1.29, 1.82) is 0 Å². The first-order chi connectivity index (χ1) is 43.2. The van der Waals surface area contributed by atoms with Gasteiger partial charge in [0.15, 0.2) is 12.2 Å². The number of phosphoric ester groups is 2. The average molecular weight is 1310 g/mol. The zero-order valence-electron chi connectivity index (χ0n) is 57.4. The quantitative estimate of drug-likeness (QED) is 0.0222. The molecular weight excluding hydrogens is 1170 g/mol. The van der Waals surface area contributed by atoms with Crippen LogP contribution < -0.4 is 0 Å². The van der Waals surface area contributed by atoms with Gasteiger partial charge in [0.1, 0.15) is 19.3 Å². The van der Waals surface area contributed by atoms with Crippen LogP contribution in [-0.2, 0) is 65.4 Å². The van der Waals surface area contributed by atoms with Crippen LogP contribution in [0.4, 0.5) is 0 Å². The molecule has 5 atom stereocenters. The largest absolute Gasteiger partial charge is 0.472 e. The Hall–Kier alpha value is -1.94. The summed E-state index contributed by atoms with van der Waals surface area (Å²) in [5, 5.41) is 10.5. The second-order valence-corrected chi connectivity index (χ2v) is 28.2. The second kappa shape index (κ2) is 64.8. The van der Waals surface area contributed by atoms with E-state index in [1.165, 1.54) is 180 Å². The van der Waals surface area contributed by atoms with Crippen molar-refractivity contribution in [3.63, 3.8) is 0 Å². The summed E-state index contributed by atoms with van der Waals surface area (Å²) in [4.78, 5) is 72.2. The van der Waals surface area contributed by atoms with Crippen molar-refractivity contribution in [2.45, 2.75) is 386 Å². The third-order valence-electron chi connectivity index (χ3n) is 16.4. The summed E-state index contributed by atoms with van der Waals surface area (Å²) in [6.07, 6.45) is 53.1. The predicted octanol–water partition coefficient (Wildman–Crippen LogP) is 20.3. The van der Waals surface area contributed by atoms with Gasteiger partial charge >= 0.3 is 39.5 Å². The summed E-state index contributed by atoms with van der Waals surface area (Å²) in [5.41, 5.74) is 0. The van der Waals surface area contributed by atoms with Crippen molar-refractivity contribution in [1.82, 2.24) is 0 Å². The van der Waals surface area contributed by atoms with Crippen molar-refractivity contribution in [2.24, 2.45) is 0 Å². The number of aliphatic hydroxyl groups is 1. The lowest BCUT2D eigenvalue weighted by Crippen LogP contribution is -2.30. The van der Waals surface area contributed by atoms with Gasteiger partial charge in [-0.1, -0.05) is 317 Å². The fourth-order valence-corrected chi connectivity index (χ4v) is 12.3. The van der Waals surface area contributed by atoms with Gasteiger partial charge in [-0.2, -0.15) is 0 Å². The van der Waals surface area contributed by atoms with E-state index < -0.39 is 97.5 Å². The van der Waals surface area contributed by atoms with Crippen LogP contribution in [0.2, 0.25) is 0 Å². The van der Waals surface area contributed by atoms with E-state index in [1.807, 2.05) is 0 Å². The van der Waals surface area contributed by atoms with Gasteiger partial charge in [-0.05, 0) is 25.7 Å². The molecule has 0 bridgehead atoms. The molecule has 0 saturated carbocycles. The molecule has 0 aromatic heterocycles. The molecule has 0 fully saturated rings. The highest BCUT2D eigenvalue weighted by Crippen LogP contribution is 2.45. The van der Waals surface area contributed by atoms with E-state index in [0.717, 1.165) is 109 Å². The van der Waals surface area contributed by atoms with Crippen LogP contribution in [-0.4, -0.2) is 96.7 Å². The minimum Gasteiger partial charge on any atom is -0.462 e. The van der Waals surface area contributed by atoms with Gasteiger partial charge in [0.25, 0.3) is 0 Å². The highest BCUT2D eigenvalue weighted by Gasteiger charge is 2.30. The predicted molar refractivity (Wildman–Crippen MR) is 359 cm³/mol. The molecule has 0 aliphatic rings. The van der Waals surface area contributed by atoms with Crippen LogP contribution in [0.15, 0.2) is 0 Å². The van der Waals surface area contributed by atoms with Gasteiger partial charge in [0.2, 0.25) is 0 Å². The molecule has 0 saturated heterocycles. The Kier molecular flexibility index (Phi) is 63.3. The van der Waals surface area contributed by atoms with Crippen LogP contribution in [0.5, 0.6) is 0 Å². The number of phosphoric acid groups is 2. The number of aliphatic hydroxyl groups excluding tert-OH is 1. The zero-order chi connectivity index (χ0) is 65.4. The molecule has 3 N–H and O–H groups in total. The van der Waals surface area contributed by atoms with Gasteiger partial charge < -0.3 is 33.8 Å². The first-order valence-electron chi connectivity index (χ1n) is 36.8. The number of hydrogen-bond acceptors (Lipinski definition) is 15. The van der Waals surface area contributed by atoms with Crippen LogP contribution in [0.25, 0.3) is 0 Å². The Balaban J connectivity index is 5.09. The second-order valence-electron chi connectivity index (χ2n) is 25.3. The topological polar surface area (TPSA) is 237 Å². The molecule has 2 unspecified atom stereocenters. The van der Waals surface area contributed by atoms with E-state index in [2.05, 4.69) is 27.7 Å². The van der Waals surface area contributed by atoms with Gasteiger partial charge in [0.05, 0.1) is 26.4 Å². The minimum atomic E-state index is -4.95. The number of carbonyl (C=O) groups excluding carboxylic acids is 4. The Morgan fingerprint density at radius 2 is 0.449 bits per heavy atom. The molecule has 17 nitrogen and oxygen atoms in total. The Morgan fingerprint density at radius 1 is 0.270 bits per heavy atom. The lowest BCUT2D eigenvalue weighted by molar-refractivity contribution is -0.161. The van der Waals surface area contributed by atoms with E-state index in [-0.39, 0.29) is 25.7 Å². The number of hydrogen-bond donors (Lipinski definition) is 3. The normalized spacial score (nSPS) is 14.0. The first kappa shape index (κ1) is 87.1. The number of unbranched alkanes of at least 4 members (excludes halogenated alkanes) is 45. The van der Waals surface area contributed by atoms with Crippen molar-refractivity contribution in [3.05, 3.63) is 0 Å². The molecule has 528 valence electrons. The molecular formula is C70H136O17P2. The number of esters is 4. The van der Waals surface area contributed by atoms with Crippen LogP contribution >= 0.6 is 15.6 Å². The fourth-order valence-electron chi connectivity index (χ4n) is 10.7. The molecule has 0 aromatic rings. The Labute approximate surface area is 543 Å². The lowest BCUT2D eigenvalue weighted by Gasteiger charge is -2.21. The van der Waals surface area contributed by atoms with Gasteiger partial charge in [0, 0.05) is 25.7 Å². The zero-order valence-corrected chi connectivity index (χ0v) is 59.2. The molecule has 0 radical (unpaired) electrons. The van der Waals surface area contributed by atoms with E-state index in [1.54, 1.807) is 0 Å². The number of ether oxygens (including phenoxy) is 4. The summed E-state index contributed by atoms with van der Waals surface area (Å²) >= 11 is 0. The van der Waals surface area contributed by atoms with Crippen LogP contribution in [0.1, 0.15) is 368 Å². The summed E-state index contributed by atoms with van der Waals surface area (Å²) in [5.74, 6) is -2.13. The van der Waals surface area contributed by atoms with Crippen molar-refractivity contribution < 1.29 is 80.2 Å². The molecule has 0 heterocycles. The molecule has 0 spiro atoms. The summed E-state index contributed by atoms with van der Waals surface area (Å²) in [6, 6.07) is 0. The highest BCUT2D eigenvalue weighted by molar-refractivity contribution is 7.47. The van der Waals surface area contributed by atoms with E-state index in [4.69, 9.17) is 37.0 Å². The van der Waals surface area contributed by atoms with E-state index in [0.29, 0.717) is 25.7 Å². The maximum Gasteiger partial charge on any atom is 0.472 e. The molecule has 0 aliphatic heterocycles. The lowest BCUT2D eigenvalue weighted by atomic mass is 10.0. The standard InChI is InChI=1S/C70H136O17P2/c1-5-9-13-17-21-24-26-28-29-30-31-32-33-34-35-36-37-39-41-45-49-53-57-70(75)87-66(61-81-68(73)55-51-47-44-40-38-27-25-22-18-14-10-6-2)63-85-89(78,79)83-59-64(71)58-82-88(76,77)84-62-65(60-80-67(72)54-50-46-42-20-16-12-8-4)86-69(74)56-52-48-43-23-19-15-11-7-3/h64-66,71H,5-63H2,1-4H3,(H,76,77)(H,78,79)/t64-,65+,66+/m0/s1. The van der Waals surface area contributed by atoms with Gasteiger partial charge in [-0.15, -0.1) is 0 Å². The Bertz CT molecular complexity index is 1710. The maximum absolute atomic E-state index is 13.0. The molecule has 19 heteroatoms. The number of rotatable bonds is 71. The minimum absolute atomic E-state index is 0.105. The third-order valence-corrected chi connectivity index (χ3v) is 18.3. The molecule has 0 amide bonds. The first-order valence-corrected chi connectivity index (χ1v) is 39.8. The maximum atomic E-state index is 13.0. The van der Waals surface area contributed by atoms with Crippen molar-refractivity contribution in [3.8, 4) is 0 Å². The Morgan fingerprint density at radius 3 is 0.663 bits per heavy atom. The summed E-state index contributed by atoms with van der Waals surface area (Å²) in [7, 11) is -9.88. The molecule has 0 aromatic carbocycles. The molecule has 89 heavy (non-hydrogen) atoms. The fraction of sp³-hybridized carbons (Fsp3) is 0.943. The summed E-state index contributed by atoms with van der Waals surface area (Å²) in [6.45, 7) is 4.86. The average Bonchev–Trinajstić information content (AvgIpc) is 3.51. The van der Waals surface area contributed by atoms with E-state index in [9.17, 15) is 43.2 Å². The summed E-state index contributed by atoms with van der Waals surface area (Å²) < 4.78 is 68.0. The van der Waals surface area contributed by atoms with Crippen LogP contribution in [0.3, 0.4) is 0 Å². The third kappa shape index (κ3) is 64.6. The SMILES string of the molecule is CCCCCCCCCCCCCCCCCCCCCCCCC(=O)O[C@H](COC(=O)CCCCCCCCCCCCCC)COP(=O)(O)OC[C@@H](O)COP(=O)(O)OC[C@@H](COC(=O)CCCCCCCCC)OC(=O)CCCCCCCCCC.